The maximum atomic E-state index is 12.8. The molecule has 0 bridgehead atoms. The molecular formula is C15H20ClN2O3S+. The molecule has 120 valence electrons. The van der Waals surface area contributed by atoms with Gasteiger partial charge >= 0.3 is 9.77 Å². The van der Waals surface area contributed by atoms with Crippen LogP contribution in [0.4, 0.5) is 4.79 Å². The highest BCUT2D eigenvalue weighted by atomic mass is 35.5. The van der Waals surface area contributed by atoms with Crippen LogP contribution in [0.1, 0.15) is 49.0 Å². The number of carbonyl (C=O) groups is 2. The Morgan fingerprint density at radius 3 is 2.59 bits per heavy atom. The molecule has 1 N–H and O–H groups in total. The average Bonchev–Trinajstić information content (AvgIpc) is 2.84. The van der Waals surface area contributed by atoms with Crippen LogP contribution in [-0.4, -0.2) is 34.8 Å². The lowest BCUT2D eigenvalue weighted by molar-refractivity contribution is 0.0724. The van der Waals surface area contributed by atoms with Crippen molar-refractivity contribution < 1.29 is 14.3 Å². The van der Waals surface area contributed by atoms with E-state index in [9.17, 15) is 9.59 Å². The standard InChI is InChI=1S/C15H20ClN2O3S/c1-14(2,3)21-13(20)22-9-8-15(4-6-17-7-5-15)11(19)10(9)18-12(22)16/h17H,4-8H2,1-3H3/q+1. The number of aromatic nitrogens is 1. The Balaban J connectivity index is 1.96. The molecule has 2 heterocycles. The Hall–Kier alpha value is -0.980. The van der Waals surface area contributed by atoms with Crippen molar-refractivity contribution >= 4 is 33.2 Å². The normalized spacial score (nSPS) is 21.1. The summed E-state index contributed by atoms with van der Waals surface area (Å²) in [5, 5.41) is 2.89. The van der Waals surface area contributed by atoms with Crippen LogP contribution in [0.25, 0.3) is 0 Å². The molecule has 1 aliphatic carbocycles. The SMILES string of the molecule is CC(C)(C)OC(=O)[s+]1c(Cl)nc2c1CC1(CCNCC1)C2=O. The Labute approximate surface area is 137 Å². The number of halogens is 1. The number of ether oxygens (including phenoxy) is 1. The zero-order valence-electron chi connectivity index (χ0n) is 13.0. The lowest BCUT2D eigenvalue weighted by Gasteiger charge is -2.31. The number of piperidine rings is 1. The summed E-state index contributed by atoms with van der Waals surface area (Å²) in [5.74, 6) is 0.0562. The number of hydrogen-bond donors (Lipinski definition) is 1. The molecule has 1 aromatic rings. The summed E-state index contributed by atoms with van der Waals surface area (Å²) in [4.78, 5) is 30.2. The van der Waals surface area contributed by atoms with Crippen molar-refractivity contribution in [2.45, 2.75) is 45.6 Å². The highest BCUT2D eigenvalue weighted by molar-refractivity contribution is 7.53. The summed E-state index contributed by atoms with van der Waals surface area (Å²) in [7, 11) is -1.02. The number of Topliss-reactive ketones (excluding diaryl/α,β-unsaturated/α-hetero) is 1. The third-order valence-corrected chi connectivity index (χ3v) is 6.41. The van der Waals surface area contributed by atoms with Crippen LogP contribution < -0.4 is 5.32 Å². The van der Waals surface area contributed by atoms with Crippen molar-refractivity contribution in [3.63, 3.8) is 0 Å². The molecule has 2 aliphatic rings. The summed E-state index contributed by atoms with van der Waals surface area (Å²) in [5.41, 5.74) is -0.551. The maximum absolute atomic E-state index is 12.8. The van der Waals surface area contributed by atoms with Crippen molar-refractivity contribution in [1.82, 2.24) is 10.3 Å². The minimum atomic E-state index is -1.02. The first-order chi connectivity index (χ1) is 10.2. The van der Waals surface area contributed by atoms with Crippen molar-refractivity contribution in [3.05, 3.63) is 15.0 Å². The molecule has 5 nitrogen and oxygen atoms in total. The number of nitrogens with one attached hydrogen (secondary N) is 1. The quantitative estimate of drug-likeness (QED) is 0.625. The lowest BCUT2D eigenvalue weighted by atomic mass is 9.76. The van der Waals surface area contributed by atoms with Crippen molar-refractivity contribution in [2.75, 3.05) is 13.1 Å². The van der Waals surface area contributed by atoms with E-state index in [4.69, 9.17) is 16.3 Å². The van der Waals surface area contributed by atoms with Crippen molar-refractivity contribution in [1.29, 1.82) is 0 Å². The number of thiazole rings is 1. The first-order valence-corrected chi connectivity index (χ1v) is 9.04. The van der Waals surface area contributed by atoms with E-state index >= 15 is 0 Å². The fourth-order valence-corrected chi connectivity index (χ4v) is 5.50. The summed E-state index contributed by atoms with van der Waals surface area (Å²) >= 11 is 6.15. The topological polar surface area (TPSA) is 68.3 Å². The van der Waals surface area contributed by atoms with Crippen LogP contribution in [0, 0.1) is 5.41 Å². The fraction of sp³-hybridized carbons (Fsp3) is 0.667. The summed E-state index contributed by atoms with van der Waals surface area (Å²) in [6.45, 7) is 7.10. The minimum Gasteiger partial charge on any atom is -0.416 e. The maximum Gasteiger partial charge on any atom is 0.558 e. The second-order valence-corrected chi connectivity index (χ2v) is 9.35. The molecule has 1 spiro atoms. The highest BCUT2D eigenvalue weighted by Crippen LogP contribution is 2.50. The molecule has 0 radical (unpaired) electrons. The van der Waals surface area contributed by atoms with Gasteiger partial charge in [0.2, 0.25) is 0 Å². The van der Waals surface area contributed by atoms with E-state index in [1.54, 1.807) is 0 Å². The van der Waals surface area contributed by atoms with Gasteiger partial charge in [-0.3, -0.25) is 4.79 Å². The number of nitrogens with zero attached hydrogens (tertiary/aromatic N) is 1. The molecule has 1 aliphatic heterocycles. The van der Waals surface area contributed by atoms with Crippen LogP contribution in [0.2, 0.25) is 4.47 Å². The third kappa shape index (κ3) is 2.57. The van der Waals surface area contributed by atoms with Gasteiger partial charge in [0, 0.05) is 11.8 Å². The van der Waals surface area contributed by atoms with Gasteiger partial charge in [-0.2, -0.15) is 9.78 Å². The Kier molecular flexibility index (Phi) is 3.82. The molecule has 1 saturated heterocycles. The number of rotatable bonds is 1. The molecule has 1 fully saturated rings. The van der Waals surface area contributed by atoms with Gasteiger partial charge in [0.25, 0.3) is 0 Å². The van der Waals surface area contributed by atoms with Crippen LogP contribution in [-0.2, 0) is 11.2 Å². The highest BCUT2D eigenvalue weighted by Gasteiger charge is 2.55. The van der Waals surface area contributed by atoms with Gasteiger partial charge in [-0.25, -0.2) is 0 Å². The number of hydrogen-bond acceptors (Lipinski definition) is 5. The fourth-order valence-electron chi connectivity index (χ4n) is 3.14. The molecule has 3 rings (SSSR count). The molecule has 0 aromatic carbocycles. The van der Waals surface area contributed by atoms with Gasteiger partial charge in [0.05, 0.1) is 0 Å². The first kappa shape index (κ1) is 15.9. The van der Waals surface area contributed by atoms with E-state index in [0.717, 1.165) is 30.8 Å². The largest absolute Gasteiger partial charge is 0.558 e. The van der Waals surface area contributed by atoms with Gasteiger partial charge in [0.1, 0.15) is 16.1 Å². The first-order valence-electron chi connectivity index (χ1n) is 7.44. The second-order valence-electron chi connectivity index (χ2n) is 6.94. The van der Waals surface area contributed by atoms with Crippen LogP contribution in [0.15, 0.2) is 0 Å². The smallest absolute Gasteiger partial charge is 0.416 e. The summed E-state index contributed by atoms with van der Waals surface area (Å²) in [6.07, 6.45) is 2.17. The van der Waals surface area contributed by atoms with Gasteiger partial charge in [-0.15, -0.1) is 0 Å². The second kappa shape index (κ2) is 5.28. The monoisotopic (exact) mass is 343 g/mol. The van der Waals surface area contributed by atoms with E-state index in [-0.39, 0.29) is 21.0 Å². The number of fused-ring (bicyclic) bond motifs is 1. The molecule has 1 unspecified atom stereocenters. The van der Waals surface area contributed by atoms with Crippen molar-refractivity contribution in [2.24, 2.45) is 5.41 Å². The van der Waals surface area contributed by atoms with E-state index in [0.29, 0.717) is 12.1 Å². The predicted octanol–water partition coefficient (Wildman–Crippen LogP) is 3.38. The van der Waals surface area contributed by atoms with E-state index in [1.165, 1.54) is 0 Å². The van der Waals surface area contributed by atoms with Gasteiger partial charge < -0.3 is 10.1 Å². The Morgan fingerprint density at radius 2 is 2.00 bits per heavy atom. The molecule has 7 heteroatoms. The minimum absolute atomic E-state index is 0.0562. The molecule has 22 heavy (non-hydrogen) atoms. The van der Waals surface area contributed by atoms with Crippen LogP contribution >= 0.6 is 22.1 Å². The number of ketones is 1. The Bertz CT molecular complexity index is 642. The van der Waals surface area contributed by atoms with E-state index in [1.807, 2.05) is 20.8 Å². The summed E-state index contributed by atoms with van der Waals surface area (Å²) in [6, 6.07) is 0. The molecule has 1 atom stereocenters. The third-order valence-electron chi connectivity index (χ3n) is 4.19. The van der Waals surface area contributed by atoms with E-state index < -0.39 is 16.1 Å². The van der Waals surface area contributed by atoms with Gasteiger partial charge in [-0.05, 0) is 58.3 Å². The molecule has 0 amide bonds. The molecule has 0 saturated carbocycles. The predicted molar refractivity (Wildman–Crippen MR) is 85.9 cm³/mol. The zero-order valence-corrected chi connectivity index (χ0v) is 14.6. The Morgan fingerprint density at radius 1 is 1.36 bits per heavy atom. The van der Waals surface area contributed by atoms with E-state index in [2.05, 4.69) is 10.3 Å². The van der Waals surface area contributed by atoms with Crippen molar-refractivity contribution in [3.8, 4) is 0 Å². The molecular weight excluding hydrogens is 324 g/mol. The van der Waals surface area contributed by atoms with Gasteiger partial charge in [0.15, 0.2) is 16.4 Å². The zero-order chi connectivity index (χ0) is 16.1. The van der Waals surface area contributed by atoms with Crippen LogP contribution in [0.3, 0.4) is 0 Å². The summed E-state index contributed by atoms with van der Waals surface area (Å²) < 4.78 is 5.65. The average molecular weight is 344 g/mol. The van der Waals surface area contributed by atoms with Gasteiger partial charge in [-0.1, -0.05) is 0 Å². The molecule has 1 aromatic heterocycles. The van der Waals surface area contributed by atoms with Crippen LogP contribution in [0.5, 0.6) is 0 Å². The number of carbonyl (C=O) groups excluding carboxylic acids is 2. The lowest BCUT2D eigenvalue weighted by Crippen LogP contribution is -2.40.